The molecule has 0 aromatic rings. The topological polar surface area (TPSA) is 305 Å². The van der Waals surface area contributed by atoms with Crippen molar-refractivity contribution in [3.8, 4) is 0 Å². The summed E-state index contributed by atoms with van der Waals surface area (Å²) in [6.07, 6.45) is 4.30. The molecule has 0 aromatic carbocycles. The minimum absolute atomic E-state index is 0.0814. The van der Waals surface area contributed by atoms with Crippen LogP contribution in [0.4, 0.5) is 0 Å². The van der Waals surface area contributed by atoms with Crippen LogP contribution in [0.3, 0.4) is 0 Å². The second-order valence-corrected chi connectivity index (χ2v) is 12.7. The third-order valence-corrected chi connectivity index (χ3v) is 7.28. The smallest absolute Gasteiger partial charge is 0.246 e. The van der Waals surface area contributed by atoms with Crippen LogP contribution in [-0.4, -0.2) is 117 Å². The van der Waals surface area contributed by atoms with E-state index in [9.17, 15) is 38.4 Å². The summed E-state index contributed by atoms with van der Waals surface area (Å²) in [6.45, 7) is 8.38. The van der Waals surface area contributed by atoms with Crippen LogP contribution in [0.1, 0.15) is 66.7 Å². The van der Waals surface area contributed by atoms with Gasteiger partial charge in [0.15, 0.2) is 0 Å². The maximum Gasteiger partial charge on any atom is 0.246 e. The Morgan fingerprint density at radius 2 is 1.35 bits per heavy atom. The minimum atomic E-state index is -1.02. The van der Waals surface area contributed by atoms with E-state index in [4.69, 9.17) is 26.7 Å². The van der Waals surface area contributed by atoms with Gasteiger partial charge in [0.05, 0.1) is 26.4 Å². The zero-order valence-electron chi connectivity index (χ0n) is 30.9. The van der Waals surface area contributed by atoms with Gasteiger partial charge in [-0.05, 0) is 44.1 Å². The van der Waals surface area contributed by atoms with Crippen LogP contribution in [0.15, 0.2) is 12.2 Å². The Kier molecular flexibility index (Phi) is 24.7. The average Bonchev–Trinajstić information content (AvgIpc) is 3.06. The quantitative estimate of drug-likeness (QED) is 0.0287. The Balaban J connectivity index is 4.83. The average molecular weight is 742 g/mol. The molecule has 0 saturated carbocycles. The molecule has 0 unspecified atom stereocenters. The molecule has 0 bridgehead atoms. The SMILES string of the molecule is CC(=O)N[C@H](C(=O)NCC(=O)N[C@H](C(=O)N[C@H](/C=C/C(=O)NCCOCCOCC(=O)N[C@@H](CCCCN)C(N)=O)CCC(N)=O)C(C)C)C(C)C. The van der Waals surface area contributed by atoms with Gasteiger partial charge in [-0.15, -0.1) is 0 Å². The highest BCUT2D eigenvalue weighted by molar-refractivity contribution is 5.93. The van der Waals surface area contributed by atoms with E-state index in [1.165, 1.54) is 19.1 Å². The first-order valence-corrected chi connectivity index (χ1v) is 17.3. The summed E-state index contributed by atoms with van der Waals surface area (Å²) in [5.41, 5.74) is 16.0. The van der Waals surface area contributed by atoms with Gasteiger partial charge in [-0.25, -0.2) is 0 Å². The van der Waals surface area contributed by atoms with E-state index in [1.54, 1.807) is 27.7 Å². The Bertz CT molecular complexity index is 1210. The summed E-state index contributed by atoms with van der Waals surface area (Å²) >= 11 is 0. The van der Waals surface area contributed by atoms with E-state index < -0.39 is 78.0 Å². The highest BCUT2D eigenvalue weighted by Crippen LogP contribution is 2.06. The number of ether oxygens (including phenoxy) is 2. The number of primary amides is 2. The third-order valence-electron chi connectivity index (χ3n) is 7.28. The van der Waals surface area contributed by atoms with Gasteiger partial charge in [0.1, 0.15) is 24.7 Å². The number of carbonyl (C=O) groups excluding carboxylic acids is 8. The summed E-state index contributed by atoms with van der Waals surface area (Å²) in [5, 5.41) is 15.4. The lowest BCUT2D eigenvalue weighted by atomic mass is 10.0. The van der Waals surface area contributed by atoms with Crippen molar-refractivity contribution < 1.29 is 47.8 Å². The standard InChI is InChI=1S/C33H59N9O10/c1-20(2)29(39-22(5)43)32(49)38-18-27(46)42-30(21(3)4)33(50)40-23(9-11-25(35)44)10-12-26(45)37-14-15-51-16-17-52-19-28(47)41-24(31(36)48)8-6-7-13-34/h10,12,20-21,23-24,29-30H,6-9,11,13-19,34H2,1-5H3,(H2,35,44)(H2,36,48)(H,37,45)(H,38,49)(H,39,43)(H,40,50)(H,41,47)(H,42,46)/b12-10+/t23-,24-,29-,30-/m0/s1. The number of unbranched alkanes of at least 4 members (excludes halogenated alkanes) is 1. The first kappa shape index (κ1) is 47.4. The number of carbonyl (C=O) groups is 8. The van der Waals surface area contributed by atoms with Gasteiger partial charge in [-0.1, -0.05) is 33.8 Å². The van der Waals surface area contributed by atoms with Crippen molar-refractivity contribution >= 4 is 47.3 Å². The molecule has 19 nitrogen and oxygen atoms in total. The van der Waals surface area contributed by atoms with Crippen LogP contribution in [0.2, 0.25) is 0 Å². The highest BCUT2D eigenvalue weighted by atomic mass is 16.5. The van der Waals surface area contributed by atoms with Crippen LogP contribution < -0.4 is 49.1 Å². The zero-order valence-corrected chi connectivity index (χ0v) is 30.9. The summed E-state index contributed by atoms with van der Waals surface area (Å²) in [7, 11) is 0. The van der Waals surface area contributed by atoms with Gasteiger partial charge in [0.25, 0.3) is 0 Å². The van der Waals surface area contributed by atoms with Gasteiger partial charge in [0.2, 0.25) is 47.3 Å². The second kappa shape index (κ2) is 27.1. The van der Waals surface area contributed by atoms with Gasteiger partial charge in [-0.2, -0.15) is 0 Å². The van der Waals surface area contributed by atoms with E-state index in [-0.39, 0.29) is 57.6 Å². The van der Waals surface area contributed by atoms with Crippen LogP contribution in [0.5, 0.6) is 0 Å². The van der Waals surface area contributed by atoms with Crippen molar-refractivity contribution in [3.63, 3.8) is 0 Å². The molecule has 0 aliphatic heterocycles. The molecule has 12 N–H and O–H groups in total. The molecule has 0 spiro atoms. The van der Waals surface area contributed by atoms with E-state index in [2.05, 4.69) is 31.9 Å². The molecule has 296 valence electrons. The predicted molar refractivity (Wildman–Crippen MR) is 190 cm³/mol. The maximum atomic E-state index is 13.2. The molecule has 0 aliphatic rings. The molecule has 0 aromatic heterocycles. The van der Waals surface area contributed by atoms with Crippen molar-refractivity contribution in [2.24, 2.45) is 29.0 Å². The third kappa shape index (κ3) is 23.0. The number of hydrogen-bond donors (Lipinski definition) is 9. The highest BCUT2D eigenvalue weighted by Gasteiger charge is 2.27. The number of hydrogen-bond acceptors (Lipinski definition) is 11. The monoisotopic (exact) mass is 741 g/mol. The second-order valence-electron chi connectivity index (χ2n) is 12.7. The Hall–Kier alpha value is -4.62. The fourth-order valence-corrected chi connectivity index (χ4v) is 4.49. The summed E-state index contributed by atoms with van der Waals surface area (Å²) < 4.78 is 10.6. The minimum Gasteiger partial charge on any atom is -0.377 e. The normalized spacial score (nSPS) is 13.5. The van der Waals surface area contributed by atoms with Crippen molar-refractivity contribution in [1.29, 1.82) is 0 Å². The van der Waals surface area contributed by atoms with E-state index in [0.717, 1.165) is 0 Å². The van der Waals surface area contributed by atoms with Crippen molar-refractivity contribution in [2.75, 3.05) is 46.1 Å². The molecular weight excluding hydrogens is 682 g/mol. The van der Waals surface area contributed by atoms with E-state index in [1.807, 2.05) is 0 Å². The Labute approximate surface area is 305 Å². The largest absolute Gasteiger partial charge is 0.377 e. The Morgan fingerprint density at radius 1 is 0.712 bits per heavy atom. The molecule has 0 saturated heterocycles. The van der Waals surface area contributed by atoms with Gasteiger partial charge < -0.3 is 58.6 Å². The fraction of sp³-hybridized carbons (Fsp3) is 0.697. The van der Waals surface area contributed by atoms with E-state index in [0.29, 0.717) is 25.8 Å². The Morgan fingerprint density at radius 3 is 1.92 bits per heavy atom. The molecule has 0 rings (SSSR count). The fourth-order valence-electron chi connectivity index (χ4n) is 4.49. The summed E-state index contributed by atoms with van der Waals surface area (Å²) in [6, 6.07) is -3.45. The lowest BCUT2D eigenvalue weighted by molar-refractivity contribution is -0.132. The summed E-state index contributed by atoms with van der Waals surface area (Å²) in [5.74, 6) is -5.04. The zero-order chi connectivity index (χ0) is 39.6. The van der Waals surface area contributed by atoms with Gasteiger partial charge in [0, 0.05) is 32.0 Å². The molecule has 8 amide bonds. The molecule has 0 fully saturated rings. The molecule has 19 heteroatoms. The number of nitrogens with two attached hydrogens (primary N) is 3. The van der Waals surface area contributed by atoms with Crippen molar-refractivity contribution in [3.05, 3.63) is 12.2 Å². The predicted octanol–water partition coefficient (Wildman–Crippen LogP) is -3.04. The summed E-state index contributed by atoms with van der Waals surface area (Å²) in [4.78, 5) is 97.1. The van der Waals surface area contributed by atoms with Crippen LogP contribution in [0, 0.1) is 11.8 Å². The van der Waals surface area contributed by atoms with Gasteiger partial charge >= 0.3 is 0 Å². The number of amides is 8. The van der Waals surface area contributed by atoms with E-state index >= 15 is 0 Å². The van der Waals surface area contributed by atoms with Crippen molar-refractivity contribution in [1.82, 2.24) is 31.9 Å². The lowest BCUT2D eigenvalue weighted by Gasteiger charge is -2.25. The number of nitrogens with one attached hydrogen (secondary N) is 6. The molecule has 0 heterocycles. The number of rotatable bonds is 28. The van der Waals surface area contributed by atoms with Crippen molar-refractivity contribution in [2.45, 2.75) is 90.9 Å². The molecule has 52 heavy (non-hydrogen) atoms. The van der Waals surface area contributed by atoms with Crippen LogP contribution in [-0.2, 0) is 47.8 Å². The molecule has 0 aliphatic carbocycles. The van der Waals surface area contributed by atoms with Gasteiger partial charge in [-0.3, -0.25) is 38.4 Å². The molecule has 0 radical (unpaired) electrons. The maximum absolute atomic E-state index is 13.2. The van der Waals surface area contributed by atoms with Crippen LogP contribution >= 0.6 is 0 Å². The van der Waals surface area contributed by atoms with Crippen LogP contribution in [0.25, 0.3) is 0 Å². The first-order chi connectivity index (χ1) is 24.5. The molecule has 4 atom stereocenters. The first-order valence-electron chi connectivity index (χ1n) is 17.3. The lowest BCUT2D eigenvalue weighted by Crippen LogP contribution is -2.55. The molecular formula is C33H59N9O10.